The molecule has 4 saturated carbocycles. The monoisotopic (exact) mass is 693 g/mol. The molecule has 0 amide bonds. The standard InChI is InChI=1S/C39H58BrO2Si2/c1-37(2,3)34-18-17-30(36(42-43(7)8)35(34)39-23-27-19-28(24-39)21-29(20-27)25-39)13-11-15-32(31-14-12-16-33(40)22-31)26-41-44(9,10)38(4,5)6/h12,14-18,22,27-29H,11,13,19-21,23-26H2,1-10H3/b32-15+. The minimum absolute atomic E-state index is 0.0958. The van der Waals surface area contributed by atoms with Gasteiger partial charge in [-0.2, -0.15) is 0 Å². The maximum atomic E-state index is 7.05. The van der Waals surface area contributed by atoms with Crippen molar-refractivity contribution >= 4 is 38.9 Å². The molecule has 241 valence electrons. The van der Waals surface area contributed by atoms with Gasteiger partial charge >= 0.3 is 0 Å². The van der Waals surface area contributed by atoms with E-state index >= 15 is 0 Å². The quantitative estimate of drug-likeness (QED) is 0.231. The summed E-state index contributed by atoms with van der Waals surface area (Å²) in [7, 11) is -2.80. The van der Waals surface area contributed by atoms with E-state index in [1.807, 2.05) is 0 Å². The summed E-state index contributed by atoms with van der Waals surface area (Å²) in [5.74, 6) is 4.01. The fourth-order valence-corrected chi connectivity index (χ4v) is 10.5. The predicted molar refractivity (Wildman–Crippen MR) is 197 cm³/mol. The van der Waals surface area contributed by atoms with Gasteiger partial charge in [-0.25, -0.2) is 0 Å². The lowest BCUT2D eigenvalue weighted by Gasteiger charge is -2.58. The Labute approximate surface area is 280 Å². The predicted octanol–water partition coefficient (Wildman–Crippen LogP) is 11.9. The molecule has 2 nitrogen and oxygen atoms in total. The van der Waals surface area contributed by atoms with Crippen LogP contribution in [0.2, 0.25) is 31.2 Å². The summed E-state index contributed by atoms with van der Waals surface area (Å²) in [6.45, 7) is 24.2. The summed E-state index contributed by atoms with van der Waals surface area (Å²) in [4.78, 5) is 0. The van der Waals surface area contributed by atoms with Gasteiger partial charge in [-0.05, 0) is 140 Å². The van der Waals surface area contributed by atoms with Gasteiger partial charge in [0.15, 0.2) is 8.32 Å². The van der Waals surface area contributed by atoms with Crippen molar-refractivity contribution < 1.29 is 8.85 Å². The van der Waals surface area contributed by atoms with Crippen molar-refractivity contribution in [2.45, 2.75) is 135 Å². The van der Waals surface area contributed by atoms with Gasteiger partial charge < -0.3 is 8.85 Å². The third kappa shape index (κ3) is 7.37. The van der Waals surface area contributed by atoms with E-state index in [0.717, 1.165) is 35.1 Å². The zero-order chi connectivity index (χ0) is 32.1. The number of halogens is 1. The molecular weight excluding hydrogens is 637 g/mol. The third-order valence-electron chi connectivity index (χ3n) is 11.3. The summed E-state index contributed by atoms with van der Waals surface area (Å²) in [5, 5.41) is 0.184. The number of hydrogen-bond acceptors (Lipinski definition) is 2. The molecule has 6 rings (SSSR count). The summed E-state index contributed by atoms with van der Waals surface area (Å²) in [5.41, 5.74) is 7.50. The van der Waals surface area contributed by atoms with Crippen LogP contribution in [0.4, 0.5) is 0 Å². The highest BCUT2D eigenvalue weighted by Gasteiger charge is 2.54. The van der Waals surface area contributed by atoms with E-state index in [4.69, 9.17) is 8.85 Å². The van der Waals surface area contributed by atoms with Gasteiger partial charge in [0.25, 0.3) is 9.04 Å². The Bertz CT molecular complexity index is 1330. The molecular formula is C39H58BrO2Si2. The number of allylic oxidation sites excluding steroid dienone is 1. The average molecular weight is 695 g/mol. The molecule has 0 saturated heterocycles. The molecule has 4 fully saturated rings. The van der Waals surface area contributed by atoms with Gasteiger partial charge in [0.2, 0.25) is 0 Å². The molecule has 2 aromatic rings. The number of hydrogen-bond donors (Lipinski definition) is 0. The molecule has 0 unspecified atom stereocenters. The van der Waals surface area contributed by atoms with Gasteiger partial charge in [-0.3, -0.25) is 0 Å². The van der Waals surface area contributed by atoms with Gasteiger partial charge in [0.1, 0.15) is 5.75 Å². The Morgan fingerprint density at radius 2 is 1.57 bits per heavy atom. The fraction of sp³-hybridized carbons (Fsp3) is 0.641. The summed E-state index contributed by atoms with van der Waals surface area (Å²) >= 11 is 3.71. The van der Waals surface area contributed by atoms with Crippen molar-refractivity contribution in [3.8, 4) is 5.75 Å². The van der Waals surface area contributed by atoms with Crippen molar-refractivity contribution in [3.05, 3.63) is 69.2 Å². The highest BCUT2D eigenvalue weighted by Crippen LogP contribution is 2.63. The largest absolute Gasteiger partial charge is 0.542 e. The Kier molecular flexibility index (Phi) is 9.95. The lowest BCUT2D eigenvalue weighted by atomic mass is 9.47. The van der Waals surface area contributed by atoms with Crippen LogP contribution in [0, 0.1) is 17.8 Å². The first-order valence-corrected chi connectivity index (χ1v) is 23.3. The fourth-order valence-electron chi connectivity index (χ4n) is 8.54. The van der Waals surface area contributed by atoms with Crippen molar-refractivity contribution in [2.24, 2.45) is 17.8 Å². The van der Waals surface area contributed by atoms with E-state index in [1.54, 1.807) is 5.56 Å². The first-order valence-electron chi connectivity index (χ1n) is 17.2. The van der Waals surface area contributed by atoms with E-state index in [9.17, 15) is 0 Å². The minimum atomic E-state index is -1.88. The molecule has 1 radical (unpaired) electrons. The van der Waals surface area contributed by atoms with E-state index < -0.39 is 17.4 Å². The van der Waals surface area contributed by atoms with E-state index in [-0.39, 0.29) is 10.5 Å². The van der Waals surface area contributed by atoms with Gasteiger partial charge in [-0.15, -0.1) is 0 Å². The highest BCUT2D eigenvalue weighted by atomic mass is 79.9. The first-order chi connectivity index (χ1) is 20.5. The summed E-state index contributed by atoms with van der Waals surface area (Å²) in [6.07, 6.45) is 12.9. The third-order valence-corrected chi connectivity index (χ3v) is 16.9. The van der Waals surface area contributed by atoms with Crippen LogP contribution in [0.5, 0.6) is 5.75 Å². The maximum Gasteiger partial charge on any atom is 0.274 e. The molecule has 0 heterocycles. The lowest BCUT2D eigenvalue weighted by molar-refractivity contribution is -0.00662. The Hall–Kier alpha value is -1.15. The highest BCUT2D eigenvalue weighted by molar-refractivity contribution is 9.10. The molecule has 0 aromatic heterocycles. The van der Waals surface area contributed by atoms with Crippen molar-refractivity contribution in [1.29, 1.82) is 0 Å². The zero-order valence-electron chi connectivity index (χ0n) is 29.3. The van der Waals surface area contributed by atoms with E-state index in [1.165, 1.54) is 66.5 Å². The molecule has 44 heavy (non-hydrogen) atoms. The van der Waals surface area contributed by atoms with Crippen LogP contribution < -0.4 is 4.43 Å². The van der Waals surface area contributed by atoms with Gasteiger partial charge in [-0.1, -0.05) is 87.8 Å². The second-order valence-electron chi connectivity index (χ2n) is 17.3. The molecule has 4 aliphatic rings. The first kappa shape index (κ1) is 34.2. The number of rotatable bonds is 10. The summed E-state index contributed by atoms with van der Waals surface area (Å²) < 4.78 is 14.9. The molecule has 4 aliphatic carbocycles. The number of benzene rings is 2. The minimum Gasteiger partial charge on any atom is -0.542 e. The van der Waals surface area contributed by atoms with Crippen molar-refractivity contribution in [1.82, 2.24) is 0 Å². The topological polar surface area (TPSA) is 18.5 Å². The second-order valence-corrected chi connectivity index (χ2v) is 25.0. The molecule has 5 heteroatoms. The van der Waals surface area contributed by atoms with Gasteiger partial charge in [0.05, 0.1) is 6.61 Å². The molecule has 0 atom stereocenters. The Morgan fingerprint density at radius 1 is 0.955 bits per heavy atom. The average Bonchev–Trinajstić information content (AvgIpc) is 2.88. The number of aryl methyl sites for hydroxylation is 1. The molecule has 2 aromatic carbocycles. The molecule has 0 spiro atoms. The second kappa shape index (κ2) is 12.8. The van der Waals surface area contributed by atoms with Crippen LogP contribution >= 0.6 is 15.9 Å². The lowest BCUT2D eigenvalue weighted by Crippen LogP contribution is -2.49. The molecule has 0 N–H and O–H groups in total. The molecule has 4 bridgehead atoms. The van der Waals surface area contributed by atoms with Crippen molar-refractivity contribution in [2.75, 3.05) is 6.61 Å². The van der Waals surface area contributed by atoms with Crippen LogP contribution in [0.3, 0.4) is 0 Å². The van der Waals surface area contributed by atoms with Crippen LogP contribution in [0.25, 0.3) is 5.57 Å². The van der Waals surface area contributed by atoms with E-state index in [0.29, 0.717) is 12.0 Å². The van der Waals surface area contributed by atoms with Crippen LogP contribution in [-0.2, 0) is 21.7 Å². The zero-order valence-corrected chi connectivity index (χ0v) is 32.9. The van der Waals surface area contributed by atoms with Crippen LogP contribution in [0.1, 0.15) is 109 Å². The van der Waals surface area contributed by atoms with Crippen LogP contribution in [-0.4, -0.2) is 24.0 Å². The molecule has 0 aliphatic heterocycles. The van der Waals surface area contributed by atoms with Crippen LogP contribution in [0.15, 0.2) is 46.9 Å². The Balaban J connectivity index is 1.51. The van der Waals surface area contributed by atoms with Gasteiger partial charge in [0, 0.05) is 15.5 Å². The Morgan fingerprint density at radius 3 is 2.09 bits per heavy atom. The smallest absolute Gasteiger partial charge is 0.274 e. The normalized spacial score (nSPS) is 25.6. The maximum absolute atomic E-state index is 7.05. The van der Waals surface area contributed by atoms with E-state index in [2.05, 4.69) is 126 Å². The SMILES string of the molecule is C[Si](C)Oc1c(CC/C=C(\CO[Si](C)(C)C(C)(C)C)c2cccc(Br)c2)ccc(C(C)(C)C)c1C12CC3CC(CC(C3)C1)C2. The summed E-state index contributed by atoms with van der Waals surface area (Å²) in [6, 6.07) is 13.6. The van der Waals surface area contributed by atoms with Crippen molar-refractivity contribution in [3.63, 3.8) is 0 Å².